The van der Waals surface area contributed by atoms with Gasteiger partial charge in [0, 0.05) is 11.1 Å². The van der Waals surface area contributed by atoms with Gasteiger partial charge in [0.1, 0.15) is 0 Å². The van der Waals surface area contributed by atoms with Crippen LogP contribution >= 0.6 is 0 Å². The quantitative estimate of drug-likeness (QED) is 0.522. The SMILES string of the molecule is Cc1cc(-c2nc(-c3ccc(CO)c(CO)c3)no2)ccc1-c1ccccc1C#N. The van der Waals surface area contributed by atoms with Gasteiger partial charge in [0.25, 0.3) is 5.89 Å². The van der Waals surface area contributed by atoms with Gasteiger partial charge in [0.15, 0.2) is 0 Å². The maximum atomic E-state index is 9.50. The number of aryl methyl sites for hydroxylation is 1. The molecule has 4 aromatic rings. The van der Waals surface area contributed by atoms with Gasteiger partial charge < -0.3 is 14.7 Å². The van der Waals surface area contributed by atoms with Crippen molar-refractivity contribution in [1.82, 2.24) is 10.1 Å². The predicted octanol–water partition coefficient (Wildman–Crippen LogP) is 4.24. The van der Waals surface area contributed by atoms with E-state index >= 15 is 0 Å². The average molecular weight is 397 g/mol. The number of rotatable bonds is 5. The Kier molecular flexibility index (Phi) is 5.40. The fourth-order valence-corrected chi connectivity index (χ4v) is 3.44. The first-order valence-corrected chi connectivity index (χ1v) is 9.42. The van der Waals surface area contributed by atoms with E-state index in [9.17, 15) is 15.5 Å². The normalized spacial score (nSPS) is 10.7. The predicted molar refractivity (Wildman–Crippen MR) is 112 cm³/mol. The second-order valence-corrected chi connectivity index (χ2v) is 6.91. The van der Waals surface area contributed by atoms with E-state index in [4.69, 9.17) is 4.52 Å². The lowest BCUT2D eigenvalue weighted by atomic mass is 9.95. The highest BCUT2D eigenvalue weighted by Crippen LogP contribution is 2.31. The van der Waals surface area contributed by atoms with Gasteiger partial charge in [-0.2, -0.15) is 10.2 Å². The molecule has 30 heavy (non-hydrogen) atoms. The van der Waals surface area contributed by atoms with Crippen molar-refractivity contribution < 1.29 is 14.7 Å². The van der Waals surface area contributed by atoms with Gasteiger partial charge in [-0.05, 0) is 59.0 Å². The zero-order valence-electron chi connectivity index (χ0n) is 16.3. The molecule has 0 amide bonds. The summed E-state index contributed by atoms with van der Waals surface area (Å²) in [6.45, 7) is 1.65. The largest absolute Gasteiger partial charge is 0.392 e. The third-order valence-corrected chi connectivity index (χ3v) is 5.04. The van der Waals surface area contributed by atoms with Gasteiger partial charge in [-0.15, -0.1) is 0 Å². The number of aliphatic hydroxyl groups excluding tert-OH is 2. The summed E-state index contributed by atoms with van der Waals surface area (Å²) >= 11 is 0. The molecule has 0 saturated heterocycles. The third kappa shape index (κ3) is 3.60. The molecule has 0 radical (unpaired) electrons. The Morgan fingerprint density at radius 2 is 1.67 bits per heavy atom. The smallest absolute Gasteiger partial charge is 0.258 e. The highest BCUT2D eigenvalue weighted by atomic mass is 16.5. The second kappa shape index (κ2) is 8.29. The maximum Gasteiger partial charge on any atom is 0.258 e. The van der Waals surface area contributed by atoms with Crippen LogP contribution in [0.2, 0.25) is 0 Å². The first kappa shape index (κ1) is 19.5. The molecule has 6 heteroatoms. The average Bonchev–Trinajstić information content (AvgIpc) is 3.29. The number of aromatic nitrogens is 2. The van der Waals surface area contributed by atoms with Crippen molar-refractivity contribution >= 4 is 0 Å². The molecule has 0 aliphatic rings. The van der Waals surface area contributed by atoms with Crippen LogP contribution < -0.4 is 0 Å². The minimum atomic E-state index is -0.181. The number of hydrogen-bond donors (Lipinski definition) is 2. The summed E-state index contributed by atoms with van der Waals surface area (Å²) < 4.78 is 5.46. The molecule has 0 aliphatic carbocycles. The van der Waals surface area contributed by atoms with Crippen LogP contribution in [0.25, 0.3) is 34.0 Å². The Hall–Kier alpha value is -3.79. The van der Waals surface area contributed by atoms with Crippen LogP contribution in [-0.2, 0) is 13.2 Å². The number of nitrogens with zero attached hydrogens (tertiary/aromatic N) is 3. The summed E-state index contributed by atoms with van der Waals surface area (Å²) in [5.41, 5.74) is 6.23. The lowest BCUT2D eigenvalue weighted by Crippen LogP contribution is -1.95. The summed E-state index contributed by atoms with van der Waals surface area (Å²) in [5.74, 6) is 0.783. The number of benzene rings is 3. The zero-order chi connectivity index (χ0) is 21.1. The Morgan fingerprint density at radius 1 is 0.900 bits per heavy atom. The number of nitriles is 1. The van der Waals surface area contributed by atoms with E-state index < -0.39 is 0 Å². The number of aliphatic hydroxyl groups is 2. The van der Waals surface area contributed by atoms with E-state index in [1.807, 2.05) is 43.3 Å². The molecule has 148 valence electrons. The fraction of sp³-hybridized carbons (Fsp3) is 0.125. The summed E-state index contributed by atoms with van der Waals surface area (Å²) in [6.07, 6.45) is 0. The summed E-state index contributed by atoms with van der Waals surface area (Å²) in [5, 5.41) is 32.3. The lowest BCUT2D eigenvalue weighted by molar-refractivity contribution is 0.260. The van der Waals surface area contributed by atoms with Crippen LogP contribution in [0.3, 0.4) is 0 Å². The molecule has 0 unspecified atom stereocenters. The minimum absolute atomic E-state index is 0.145. The zero-order valence-corrected chi connectivity index (χ0v) is 16.3. The highest BCUT2D eigenvalue weighted by Gasteiger charge is 2.14. The minimum Gasteiger partial charge on any atom is -0.392 e. The van der Waals surface area contributed by atoms with Crippen molar-refractivity contribution in [2.75, 3.05) is 0 Å². The molecule has 4 rings (SSSR count). The maximum absolute atomic E-state index is 9.50. The van der Waals surface area contributed by atoms with E-state index in [-0.39, 0.29) is 13.2 Å². The van der Waals surface area contributed by atoms with Crippen LogP contribution in [0.15, 0.2) is 65.2 Å². The van der Waals surface area contributed by atoms with E-state index in [2.05, 4.69) is 16.2 Å². The Morgan fingerprint density at radius 3 is 2.40 bits per heavy atom. The Balaban J connectivity index is 1.68. The first-order valence-electron chi connectivity index (χ1n) is 9.42. The molecule has 0 aliphatic heterocycles. The van der Waals surface area contributed by atoms with Crippen molar-refractivity contribution in [3.05, 3.63) is 82.9 Å². The summed E-state index contributed by atoms with van der Waals surface area (Å²) in [4.78, 5) is 4.48. The molecule has 0 spiro atoms. The molecule has 0 atom stereocenters. The van der Waals surface area contributed by atoms with Gasteiger partial charge in [0.2, 0.25) is 5.82 Å². The summed E-state index contributed by atoms with van der Waals surface area (Å²) in [6, 6.07) is 20.8. The van der Waals surface area contributed by atoms with Crippen LogP contribution in [0, 0.1) is 18.3 Å². The molecule has 1 aromatic heterocycles. The van der Waals surface area contributed by atoms with Crippen LogP contribution in [-0.4, -0.2) is 20.4 Å². The van der Waals surface area contributed by atoms with Gasteiger partial charge in [-0.1, -0.05) is 41.6 Å². The number of hydrogen-bond acceptors (Lipinski definition) is 6. The fourth-order valence-electron chi connectivity index (χ4n) is 3.44. The van der Waals surface area contributed by atoms with E-state index in [0.29, 0.717) is 34.0 Å². The van der Waals surface area contributed by atoms with Crippen LogP contribution in [0.4, 0.5) is 0 Å². The summed E-state index contributed by atoms with van der Waals surface area (Å²) in [7, 11) is 0. The molecular formula is C24H19N3O3. The van der Waals surface area contributed by atoms with Crippen molar-refractivity contribution in [2.45, 2.75) is 20.1 Å². The Bertz CT molecular complexity index is 1250. The van der Waals surface area contributed by atoms with Crippen LogP contribution in [0.1, 0.15) is 22.3 Å². The molecule has 0 bridgehead atoms. The molecule has 3 aromatic carbocycles. The molecule has 0 saturated carbocycles. The second-order valence-electron chi connectivity index (χ2n) is 6.91. The van der Waals surface area contributed by atoms with Crippen molar-refractivity contribution in [2.24, 2.45) is 0 Å². The molecule has 1 heterocycles. The van der Waals surface area contributed by atoms with Crippen molar-refractivity contribution in [3.63, 3.8) is 0 Å². The molecule has 0 fully saturated rings. The van der Waals surface area contributed by atoms with Gasteiger partial charge >= 0.3 is 0 Å². The topological polar surface area (TPSA) is 103 Å². The monoisotopic (exact) mass is 397 g/mol. The molecule has 2 N–H and O–H groups in total. The van der Waals surface area contributed by atoms with Crippen molar-refractivity contribution in [3.8, 4) is 40.0 Å². The standard InChI is InChI=1S/C24H19N3O3/c1-15-10-17(8-9-21(15)22-5-3-2-4-18(22)12-25)24-26-23(27-30-24)16-6-7-19(13-28)20(11-16)14-29/h2-11,28-29H,13-14H2,1H3. The Labute approximate surface area is 173 Å². The van der Waals surface area contributed by atoms with Crippen LogP contribution in [0.5, 0.6) is 0 Å². The van der Waals surface area contributed by atoms with E-state index in [1.54, 1.807) is 24.3 Å². The van der Waals surface area contributed by atoms with E-state index in [0.717, 1.165) is 22.3 Å². The van der Waals surface area contributed by atoms with E-state index in [1.165, 1.54) is 0 Å². The van der Waals surface area contributed by atoms with Gasteiger partial charge in [0.05, 0.1) is 24.8 Å². The lowest BCUT2D eigenvalue weighted by Gasteiger charge is -2.08. The molecular weight excluding hydrogens is 378 g/mol. The van der Waals surface area contributed by atoms with Crippen molar-refractivity contribution in [1.29, 1.82) is 5.26 Å². The highest BCUT2D eigenvalue weighted by molar-refractivity contribution is 5.75. The first-order chi connectivity index (χ1) is 14.6. The van der Waals surface area contributed by atoms with Gasteiger partial charge in [-0.25, -0.2) is 0 Å². The molecule has 6 nitrogen and oxygen atoms in total. The third-order valence-electron chi connectivity index (χ3n) is 5.04. The van der Waals surface area contributed by atoms with Gasteiger partial charge in [-0.3, -0.25) is 0 Å².